The highest BCUT2D eigenvalue weighted by molar-refractivity contribution is 5.99. The lowest BCUT2D eigenvalue weighted by Crippen LogP contribution is -2.50. The Bertz CT molecular complexity index is 999. The SMILES string of the molecule is CC(C)N1CCN(C(=O)c2ccc3[nH]cc(CC4CCN(C(=O)OC(C)(C)C)C4)c3c2)CC1. The molecular formula is C26H38N4O3. The summed E-state index contributed by atoms with van der Waals surface area (Å²) in [5, 5.41) is 1.11. The molecule has 1 unspecified atom stereocenters. The number of amides is 2. The van der Waals surface area contributed by atoms with Gasteiger partial charge in [-0.1, -0.05) is 0 Å². The summed E-state index contributed by atoms with van der Waals surface area (Å²) in [4.78, 5) is 35.1. The highest BCUT2D eigenvalue weighted by Gasteiger charge is 2.30. The molecular weight excluding hydrogens is 416 g/mol. The van der Waals surface area contributed by atoms with Gasteiger partial charge in [0.2, 0.25) is 0 Å². The van der Waals surface area contributed by atoms with E-state index in [-0.39, 0.29) is 12.0 Å². The smallest absolute Gasteiger partial charge is 0.410 e. The van der Waals surface area contributed by atoms with Crippen LogP contribution in [0.2, 0.25) is 0 Å². The number of ether oxygens (including phenoxy) is 1. The number of likely N-dealkylation sites (tertiary alicyclic amines) is 1. The van der Waals surface area contributed by atoms with E-state index in [0.717, 1.165) is 62.0 Å². The lowest BCUT2D eigenvalue weighted by molar-refractivity contribution is 0.0288. The van der Waals surface area contributed by atoms with Crippen molar-refractivity contribution in [2.45, 2.75) is 59.1 Å². The standard InChI is InChI=1S/C26H38N4O3/c1-18(2)28-10-12-29(13-11-28)24(31)20-6-7-23-22(15-20)21(16-27-23)14-19-8-9-30(17-19)25(32)33-26(3,4)5/h6-7,15-16,18-19,27H,8-14,17H2,1-5H3. The van der Waals surface area contributed by atoms with E-state index in [0.29, 0.717) is 18.5 Å². The number of rotatable bonds is 4. The molecule has 2 aliphatic rings. The predicted molar refractivity (Wildman–Crippen MR) is 131 cm³/mol. The number of carbonyl (C=O) groups is 2. The fourth-order valence-electron chi connectivity index (χ4n) is 4.91. The van der Waals surface area contributed by atoms with Crippen LogP contribution in [0, 0.1) is 5.92 Å². The summed E-state index contributed by atoms with van der Waals surface area (Å²) in [5.41, 5.74) is 2.53. The minimum Gasteiger partial charge on any atom is -0.444 e. The molecule has 7 heteroatoms. The van der Waals surface area contributed by atoms with Crippen LogP contribution in [-0.2, 0) is 11.2 Å². The Balaban J connectivity index is 1.41. The molecule has 1 aromatic heterocycles. The first-order valence-corrected chi connectivity index (χ1v) is 12.2. The van der Waals surface area contributed by atoms with E-state index in [4.69, 9.17) is 4.74 Å². The number of aromatic amines is 1. The van der Waals surface area contributed by atoms with Crippen molar-refractivity contribution in [3.05, 3.63) is 35.5 Å². The van der Waals surface area contributed by atoms with Gasteiger partial charge in [0.1, 0.15) is 5.60 Å². The molecule has 2 amide bonds. The zero-order valence-corrected chi connectivity index (χ0v) is 20.7. The molecule has 2 saturated heterocycles. The van der Waals surface area contributed by atoms with Crippen molar-refractivity contribution in [3.8, 4) is 0 Å². The van der Waals surface area contributed by atoms with E-state index in [1.165, 1.54) is 5.56 Å². The Labute approximate surface area is 197 Å². The van der Waals surface area contributed by atoms with E-state index in [1.807, 2.05) is 48.8 Å². The number of hydrogen-bond acceptors (Lipinski definition) is 4. The number of piperazine rings is 1. The summed E-state index contributed by atoms with van der Waals surface area (Å²) < 4.78 is 5.53. The molecule has 4 rings (SSSR count). The van der Waals surface area contributed by atoms with Crippen LogP contribution in [0.5, 0.6) is 0 Å². The molecule has 3 heterocycles. The summed E-state index contributed by atoms with van der Waals surface area (Å²) in [6.45, 7) is 14.9. The zero-order chi connectivity index (χ0) is 23.8. The molecule has 7 nitrogen and oxygen atoms in total. The fraction of sp³-hybridized carbons (Fsp3) is 0.615. The highest BCUT2D eigenvalue weighted by Crippen LogP contribution is 2.28. The fourth-order valence-corrected chi connectivity index (χ4v) is 4.91. The molecule has 180 valence electrons. The molecule has 1 N–H and O–H groups in total. The topological polar surface area (TPSA) is 68.9 Å². The summed E-state index contributed by atoms with van der Waals surface area (Å²) in [7, 11) is 0. The Hall–Kier alpha value is -2.54. The van der Waals surface area contributed by atoms with Gasteiger partial charge in [-0.25, -0.2) is 4.79 Å². The third-order valence-electron chi connectivity index (χ3n) is 6.79. The third-order valence-corrected chi connectivity index (χ3v) is 6.79. The average Bonchev–Trinajstić information content (AvgIpc) is 3.39. The lowest BCUT2D eigenvalue weighted by Gasteiger charge is -2.37. The number of H-pyrrole nitrogens is 1. The highest BCUT2D eigenvalue weighted by atomic mass is 16.6. The van der Waals surface area contributed by atoms with Gasteiger partial charge in [0.15, 0.2) is 0 Å². The Morgan fingerprint density at radius 2 is 1.82 bits per heavy atom. The Morgan fingerprint density at radius 3 is 2.48 bits per heavy atom. The van der Waals surface area contributed by atoms with Crippen molar-refractivity contribution in [2.75, 3.05) is 39.3 Å². The first-order valence-electron chi connectivity index (χ1n) is 12.2. The number of fused-ring (bicyclic) bond motifs is 1. The van der Waals surface area contributed by atoms with Gasteiger partial charge >= 0.3 is 6.09 Å². The number of hydrogen-bond donors (Lipinski definition) is 1. The maximum absolute atomic E-state index is 13.2. The second-order valence-electron chi connectivity index (χ2n) is 10.8. The van der Waals surface area contributed by atoms with Gasteiger partial charge < -0.3 is 19.5 Å². The minimum absolute atomic E-state index is 0.115. The number of nitrogens with zero attached hydrogens (tertiary/aromatic N) is 3. The largest absolute Gasteiger partial charge is 0.444 e. The van der Waals surface area contributed by atoms with Crippen molar-refractivity contribution in [3.63, 3.8) is 0 Å². The van der Waals surface area contributed by atoms with Crippen molar-refractivity contribution in [1.29, 1.82) is 0 Å². The van der Waals surface area contributed by atoms with Gasteiger partial charge in [-0.3, -0.25) is 9.69 Å². The van der Waals surface area contributed by atoms with Gasteiger partial charge in [0, 0.05) is 68.0 Å². The van der Waals surface area contributed by atoms with E-state index >= 15 is 0 Å². The lowest BCUT2D eigenvalue weighted by atomic mass is 9.97. The van der Waals surface area contributed by atoms with Crippen LogP contribution in [0.1, 0.15) is 57.0 Å². The molecule has 1 atom stereocenters. The molecule has 2 aromatic rings. The maximum Gasteiger partial charge on any atom is 0.410 e. The van der Waals surface area contributed by atoms with Crippen molar-refractivity contribution < 1.29 is 14.3 Å². The van der Waals surface area contributed by atoms with Gasteiger partial charge in [-0.2, -0.15) is 0 Å². The van der Waals surface area contributed by atoms with Crippen molar-refractivity contribution in [2.24, 2.45) is 5.92 Å². The van der Waals surface area contributed by atoms with Gasteiger partial charge in [0.25, 0.3) is 5.91 Å². The van der Waals surface area contributed by atoms with Gasteiger partial charge in [-0.05, 0) is 77.1 Å². The Morgan fingerprint density at radius 1 is 1.09 bits per heavy atom. The summed E-state index contributed by atoms with van der Waals surface area (Å²) in [5.74, 6) is 0.504. The summed E-state index contributed by atoms with van der Waals surface area (Å²) in [6, 6.07) is 6.50. The van der Waals surface area contributed by atoms with E-state index in [2.05, 4.69) is 29.9 Å². The van der Waals surface area contributed by atoms with E-state index in [1.54, 1.807) is 0 Å². The van der Waals surface area contributed by atoms with Crippen LogP contribution < -0.4 is 0 Å². The van der Waals surface area contributed by atoms with Crippen molar-refractivity contribution >= 4 is 22.9 Å². The number of carbonyl (C=O) groups excluding carboxylic acids is 2. The van der Waals surface area contributed by atoms with Crippen molar-refractivity contribution in [1.82, 2.24) is 19.7 Å². The molecule has 0 spiro atoms. The van der Waals surface area contributed by atoms with Gasteiger partial charge in [-0.15, -0.1) is 0 Å². The molecule has 2 aliphatic heterocycles. The van der Waals surface area contributed by atoms with E-state index in [9.17, 15) is 9.59 Å². The normalized spacial score (nSPS) is 20.1. The summed E-state index contributed by atoms with van der Waals surface area (Å²) in [6.07, 6.45) is 3.67. The molecule has 2 fully saturated rings. The second-order valence-corrected chi connectivity index (χ2v) is 10.8. The third kappa shape index (κ3) is 5.52. The minimum atomic E-state index is -0.476. The molecule has 33 heavy (non-hydrogen) atoms. The average molecular weight is 455 g/mol. The number of aromatic nitrogens is 1. The first kappa shape index (κ1) is 23.6. The monoisotopic (exact) mass is 454 g/mol. The zero-order valence-electron chi connectivity index (χ0n) is 20.7. The first-order chi connectivity index (χ1) is 15.6. The second kappa shape index (κ2) is 9.37. The molecule has 1 aromatic carbocycles. The van der Waals surface area contributed by atoms with Crippen LogP contribution in [0.15, 0.2) is 24.4 Å². The molecule has 0 saturated carbocycles. The number of nitrogens with one attached hydrogen (secondary N) is 1. The number of benzene rings is 1. The van der Waals surface area contributed by atoms with Crippen LogP contribution >= 0.6 is 0 Å². The van der Waals surface area contributed by atoms with Crippen LogP contribution in [0.3, 0.4) is 0 Å². The summed E-state index contributed by atoms with van der Waals surface area (Å²) >= 11 is 0. The molecule has 0 radical (unpaired) electrons. The molecule has 0 aliphatic carbocycles. The van der Waals surface area contributed by atoms with E-state index < -0.39 is 5.60 Å². The van der Waals surface area contributed by atoms with Crippen LogP contribution in [0.4, 0.5) is 4.79 Å². The Kier molecular flexibility index (Phi) is 6.71. The van der Waals surface area contributed by atoms with Gasteiger partial charge in [0.05, 0.1) is 0 Å². The van der Waals surface area contributed by atoms with Crippen LogP contribution in [-0.4, -0.2) is 82.6 Å². The quantitative estimate of drug-likeness (QED) is 0.754. The molecule has 0 bridgehead atoms. The van der Waals surface area contributed by atoms with Crippen LogP contribution in [0.25, 0.3) is 10.9 Å². The maximum atomic E-state index is 13.2. The predicted octanol–water partition coefficient (Wildman–Crippen LogP) is 4.13.